The number of hydrogen-bond acceptors (Lipinski definition) is 2. The van der Waals surface area contributed by atoms with Gasteiger partial charge in [-0.25, -0.2) is 9.78 Å². The molecule has 0 saturated heterocycles. The molecule has 4 heteroatoms. The molecule has 1 fully saturated rings. The monoisotopic (exact) mass is 286 g/mol. The highest BCUT2D eigenvalue weighted by Gasteiger charge is 2.32. The van der Waals surface area contributed by atoms with Crippen LogP contribution in [-0.4, -0.2) is 20.6 Å². The van der Waals surface area contributed by atoms with Crippen LogP contribution in [0.15, 0.2) is 18.2 Å². The van der Waals surface area contributed by atoms with Crippen molar-refractivity contribution in [2.24, 2.45) is 5.92 Å². The van der Waals surface area contributed by atoms with Crippen molar-refractivity contribution in [3.05, 3.63) is 29.6 Å². The molecule has 1 atom stereocenters. The number of aromatic carboxylic acids is 1. The predicted octanol–water partition coefficient (Wildman–Crippen LogP) is 4.22. The number of rotatable bonds is 5. The minimum absolute atomic E-state index is 0.270. The molecule has 1 heterocycles. The fourth-order valence-corrected chi connectivity index (χ4v) is 3.20. The van der Waals surface area contributed by atoms with E-state index in [4.69, 9.17) is 4.98 Å². The second kappa shape index (κ2) is 5.17. The lowest BCUT2D eigenvalue weighted by molar-refractivity contribution is 0.0698. The Morgan fingerprint density at radius 3 is 2.67 bits per heavy atom. The summed E-state index contributed by atoms with van der Waals surface area (Å²) < 4.78 is 2.19. The second-order valence-corrected chi connectivity index (χ2v) is 6.57. The summed E-state index contributed by atoms with van der Waals surface area (Å²) >= 11 is 0. The Labute approximate surface area is 124 Å². The SMILES string of the molecule is CC(C)CC(C)n1c(C2CC2)nc2cccc(C(=O)O)c21. The average Bonchev–Trinajstić information content (AvgIpc) is 3.17. The number of carbonyl (C=O) groups is 1. The van der Waals surface area contributed by atoms with Crippen LogP contribution in [0.5, 0.6) is 0 Å². The maximum Gasteiger partial charge on any atom is 0.337 e. The molecule has 1 aliphatic carbocycles. The van der Waals surface area contributed by atoms with Gasteiger partial charge in [-0.3, -0.25) is 0 Å². The van der Waals surface area contributed by atoms with E-state index >= 15 is 0 Å². The van der Waals surface area contributed by atoms with Crippen molar-refractivity contribution in [2.45, 2.75) is 52.0 Å². The quantitative estimate of drug-likeness (QED) is 0.895. The van der Waals surface area contributed by atoms with E-state index in [1.54, 1.807) is 12.1 Å². The zero-order chi connectivity index (χ0) is 15.1. The number of nitrogens with zero attached hydrogens (tertiary/aromatic N) is 2. The van der Waals surface area contributed by atoms with Crippen molar-refractivity contribution < 1.29 is 9.90 Å². The smallest absolute Gasteiger partial charge is 0.337 e. The lowest BCUT2D eigenvalue weighted by atomic mass is 10.0. The molecule has 1 N–H and O–H groups in total. The fraction of sp³-hybridized carbons (Fsp3) is 0.529. The molecule has 112 valence electrons. The third-order valence-corrected chi connectivity index (χ3v) is 4.16. The Bertz CT molecular complexity index is 683. The highest BCUT2D eigenvalue weighted by Crippen LogP contribution is 2.42. The van der Waals surface area contributed by atoms with Crippen LogP contribution in [0.4, 0.5) is 0 Å². The molecule has 4 nitrogen and oxygen atoms in total. The van der Waals surface area contributed by atoms with Crippen molar-refractivity contribution in [3.8, 4) is 0 Å². The zero-order valence-electron chi connectivity index (χ0n) is 12.8. The summed E-state index contributed by atoms with van der Waals surface area (Å²) in [6, 6.07) is 5.66. The summed E-state index contributed by atoms with van der Waals surface area (Å²) in [6.07, 6.45) is 3.36. The number of benzene rings is 1. The number of aromatic nitrogens is 2. The lowest BCUT2D eigenvalue weighted by Crippen LogP contribution is -2.13. The largest absolute Gasteiger partial charge is 0.478 e. The summed E-state index contributed by atoms with van der Waals surface area (Å²) in [4.78, 5) is 16.3. The molecule has 1 unspecified atom stereocenters. The van der Waals surface area contributed by atoms with Gasteiger partial charge in [0, 0.05) is 12.0 Å². The molecule has 0 radical (unpaired) electrons. The van der Waals surface area contributed by atoms with Crippen LogP contribution in [0.2, 0.25) is 0 Å². The first-order valence-corrected chi connectivity index (χ1v) is 7.73. The summed E-state index contributed by atoms with van der Waals surface area (Å²) in [5, 5.41) is 9.49. The van der Waals surface area contributed by atoms with E-state index < -0.39 is 5.97 Å². The topological polar surface area (TPSA) is 55.1 Å². The molecular weight excluding hydrogens is 264 g/mol. The molecule has 0 bridgehead atoms. The first-order valence-electron chi connectivity index (χ1n) is 7.73. The van der Waals surface area contributed by atoms with Crippen LogP contribution >= 0.6 is 0 Å². The molecule has 2 aromatic rings. The first kappa shape index (κ1) is 14.1. The Hall–Kier alpha value is -1.84. The van der Waals surface area contributed by atoms with E-state index in [9.17, 15) is 9.90 Å². The van der Waals surface area contributed by atoms with Crippen molar-refractivity contribution in [1.29, 1.82) is 0 Å². The molecule has 3 rings (SSSR count). The molecule has 0 amide bonds. The van der Waals surface area contributed by atoms with Crippen LogP contribution in [0, 0.1) is 5.92 Å². The van der Waals surface area contributed by atoms with Gasteiger partial charge in [0.2, 0.25) is 0 Å². The average molecular weight is 286 g/mol. The van der Waals surface area contributed by atoms with Crippen LogP contribution in [0.25, 0.3) is 11.0 Å². The summed E-state index contributed by atoms with van der Waals surface area (Å²) in [5.74, 6) is 1.28. The highest BCUT2D eigenvalue weighted by molar-refractivity contribution is 6.01. The molecule has 21 heavy (non-hydrogen) atoms. The van der Waals surface area contributed by atoms with Gasteiger partial charge in [-0.1, -0.05) is 19.9 Å². The number of carboxylic acids is 1. The Kier molecular flexibility index (Phi) is 3.47. The van der Waals surface area contributed by atoms with Gasteiger partial charge < -0.3 is 9.67 Å². The van der Waals surface area contributed by atoms with Crippen molar-refractivity contribution >= 4 is 17.0 Å². The van der Waals surface area contributed by atoms with Crippen LogP contribution in [0.1, 0.15) is 68.2 Å². The predicted molar refractivity (Wildman–Crippen MR) is 82.8 cm³/mol. The Morgan fingerprint density at radius 2 is 2.10 bits per heavy atom. The third-order valence-electron chi connectivity index (χ3n) is 4.16. The number of hydrogen-bond donors (Lipinski definition) is 1. The Morgan fingerprint density at radius 1 is 1.38 bits per heavy atom. The second-order valence-electron chi connectivity index (χ2n) is 6.57. The maximum atomic E-state index is 11.6. The van der Waals surface area contributed by atoms with Crippen molar-refractivity contribution in [3.63, 3.8) is 0 Å². The van der Waals surface area contributed by atoms with Crippen molar-refractivity contribution in [1.82, 2.24) is 9.55 Å². The van der Waals surface area contributed by atoms with Crippen LogP contribution < -0.4 is 0 Å². The van der Waals surface area contributed by atoms with Gasteiger partial charge in [0.15, 0.2) is 0 Å². The molecule has 0 spiro atoms. The van der Waals surface area contributed by atoms with E-state index in [1.165, 1.54) is 12.8 Å². The van der Waals surface area contributed by atoms with E-state index in [1.807, 2.05) is 6.07 Å². The summed E-state index contributed by atoms with van der Waals surface area (Å²) in [5.41, 5.74) is 1.97. The zero-order valence-corrected chi connectivity index (χ0v) is 12.8. The molecular formula is C17H22N2O2. The van der Waals surface area contributed by atoms with Gasteiger partial charge in [-0.15, -0.1) is 0 Å². The summed E-state index contributed by atoms with van der Waals surface area (Å²) in [6.45, 7) is 6.57. The number of fused-ring (bicyclic) bond motifs is 1. The molecule has 1 saturated carbocycles. The van der Waals surface area contributed by atoms with Gasteiger partial charge in [0.25, 0.3) is 0 Å². The minimum Gasteiger partial charge on any atom is -0.478 e. The van der Waals surface area contributed by atoms with E-state index in [0.29, 0.717) is 17.4 Å². The Balaban J connectivity index is 2.22. The lowest BCUT2D eigenvalue weighted by Gasteiger charge is -2.20. The number of imidazole rings is 1. The summed E-state index contributed by atoms with van der Waals surface area (Å²) in [7, 11) is 0. The van der Waals surface area contributed by atoms with Gasteiger partial charge in [0.05, 0.1) is 16.6 Å². The van der Waals surface area contributed by atoms with E-state index in [0.717, 1.165) is 23.3 Å². The molecule has 1 aromatic heterocycles. The van der Waals surface area contributed by atoms with Gasteiger partial charge in [-0.2, -0.15) is 0 Å². The van der Waals surface area contributed by atoms with E-state index in [-0.39, 0.29) is 6.04 Å². The van der Waals surface area contributed by atoms with E-state index in [2.05, 4.69) is 25.3 Å². The van der Waals surface area contributed by atoms with Gasteiger partial charge in [-0.05, 0) is 44.2 Å². The standard InChI is InChI=1S/C17H22N2O2/c1-10(2)9-11(3)19-15-13(17(20)21)5-4-6-14(15)18-16(19)12-7-8-12/h4-6,10-12H,7-9H2,1-3H3,(H,20,21). The first-order chi connectivity index (χ1) is 9.99. The maximum absolute atomic E-state index is 11.6. The fourth-order valence-electron chi connectivity index (χ4n) is 3.20. The van der Waals surface area contributed by atoms with Crippen molar-refractivity contribution in [2.75, 3.05) is 0 Å². The normalized spacial score (nSPS) is 16.6. The minimum atomic E-state index is -0.874. The number of para-hydroxylation sites is 1. The number of carboxylic acid groups (broad SMARTS) is 1. The third kappa shape index (κ3) is 2.55. The molecule has 1 aromatic carbocycles. The van der Waals surface area contributed by atoms with Crippen LogP contribution in [0.3, 0.4) is 0 Å². The molecule has 1 aliphatic rings. The van der Waals surface area contributed by atoms with Gasteiger partial charge >= 0.3 is 5.97 Å². The highest BCUT2D eigenvalue weighted by atomic mass is 16.4. The molecule has 0 aliphatic heterocycles. The van der Waals surface area contributed by atoms with Gasteiger partial charge in [0.1, 0.15) is 5.82 Å². The van der Waals surface area contributed by atoms with Crippen LogP contribution in [-0.2, 0) is 0 Å².